The summed E-state index contributed by atoms with van der Waals surface area (Å²) >= 11 is 0. The number of benzene rings is 1. The lowest BCUT2D eigenvalue weighted by Crippen LogP contribution is -2.45. The van der Waals surface area contributed by atoms with Crippen molar-refractivity contribution in [2.45, 2.75) is 25.8 Å². The highest BCUT2D eigenvalue weighted by Crippen LogP contribution is 2.22. The number of nitrogens with zero attached hydrogens (tertiary/aromatic N) is 3. The van der Waals surface area contributed by atoms with Gasteiger partial charge in [-0.3, -0.25) is 0 Å². The summed E-state index contributed by atoms with van der Waals surface area (Å²) < 4.78 is 2.25. The maximum absolute atomic E-state index is 12.4. The molecular weight excluding hydrogens is 336 g/mol. The summed E-state index contributed by atoms with van der Waals surface area (Å²) in [7, 11) is 0. The van der Waals surface area contributed by atoms with Gasteiger partial charge in [0, 0.05) is 44.0 Å². The zero-order valence-electron chi connectivity index (χ0n) is 15.6. The van der Waals surface area contributed by atoms with Gasteiger partial charge in [0.2, 0.25) is 0 Å². The van der Waals surface area contributed by atoms with E-state index in [-0.39, 0.29) is 6.03 Å². The first kappa shape index (κ1) is 17.6. The molecule has 0 aliphatic carbocycles. The van der Waals surface area contributed by atoms with Crippen LogP contribution in [0.3, 0.4) is 0 Å². The van der Waals surface area contributed by atoms with Crippen LogP contribution in [-0.2, 0) is 13.0 Å². The van der Waals surface area contributed by atoms with Crippen molar-refractivity contribution in [3.63, 3.8) is 0 Å². The van der Waals surface area contributed by atoms with Gasteiger partial charge in [0.1, 0.15) is 5.65 Å². The van der Waals surface area contributed by atoms with Crippen molar-refractivity contribution >= 4 is 17.1 Å². The molecule has 2 aromatic heterocycles. The largest absolute Gasteiger partial charge is 0.338 e. The van der Waals surface area contributed by atoms with E-state index in [4.69, 9.17) is 0 Å². The molecule has 5 heteroatoms. The third kappa shape index (κ3) is 4.30. The van der Waals surface area contributed by atoms with Gasteiger partial charge >= 0.3 is 6.03 Å². The molecule has 4 rings (SSSR count). The molecule has 0 radical (unpaired) electrons. The lowest BCUT2D eigenvalue weighted by atomic mass is 9.97. The van der Waals surface area contributed by atoms with E-state index in [0.717, 1.165) is 44.5 Å². The second kappa shape index (κ2) is 8.25. The maximum atomic E-state index is 12.4. The summed E-state index contributed by atoms with van der Waals surface area (Å²) in [6.45, 7) is 3.32. The quantitative estimate of drug-likeness (QED) is 0.752. The minimum atomic E-state index is 0.0671. The number of carbonyl (C=O) groups excluding carboxylic acids is 1. The third-order valence-corrected chi connectivity index (χ3v) is 5.41. The van der Waals surface area contributed by atoms with Crippen LogP contribution in [0.2, 0.25) is 0 Å². The van der Waals surface area contributed by atoms with Gasteiger partial charge in [0.05, 0.1) is 0 Å². The summed E-state index contributed by atoms with van der Waals surface area (Å²) in [5.74, 6) is 0.593. The van der Waals surface area contributed by atoms with Gasteiger partial charge in [0.15, 0.2) is 0 Å². The van der Waals surface area contributed by atoms with Crippen LogP contribution in [0.25, 0.3) is 11.0 Å². The van der Waals surface area contributed by atoms with Crippen LogP contribution in [0.1, 0.15) is 18.4 Å². The van der Waals surface area contributed by atoms with Crippen molar-refractivity contribution in [2.75, 3.05) is 19.6 Å². The minimum Gasteiger partial charge on any atom is -0.338 e. The third-order valence-electron chi connectivity index (χ3n) is 5.41. The SMILES string of the molecule is O=C(NCCc1ccccc1)N1CCC(Cn2ccc3cccnc32)CC1. The van der Waals surface area contributed by atoms with E-state index < -0.39 is 0 Å². The van der Waals surface area contributed by atoms with Crippen LogP contribution < -0.4 is 5.32 Å². The van der Waals surface area contributed by atoms with E-state index in [0.29, 0.717) is 12.5 Å². The predicted octanol–water partition coefficient (Wildman–Crippen LogP) is 3.70. The number of pyridine rings is 1. The lowest BCUT2D eigenvalue weighted by molar-refractivity contribution is 0.166. The zero-order valence-corrected chi connectivity index (χ0v) is 15.6. The van der Waals surface area contributed by atoms with E-state index in [9.17, 15) is 4.79 Å². The zero-order chi connectivity index (χ0) is 18.5. The molecular formula is C22H26N4O. The average Bonchev–Trinajstić information content (AvgIpc) is 3.12. The van der Waals surface area contributed by atoms with Crippen LogP contribution in [0.5, 0.6) is 0 Å². The normalized spacial score (nSPS) is 15.2. The highest BCUT2D eigenvalue weighted by atomic mass is 16.2. The van der Waals surface area contributed by atoms with E-state index in [1.807, 2.05) is 35.4 Å². The first-order chi connectivity index (χ1) is 13.3. The summed E-state index contributed by atoms with van der Waals surface area (Å²) in [4.78, 5) is 18.8. The van der Waals surface area contributed by atoms with Gasteiger partial charge < -0.3 is 14.8 Å². The lowest BCUT2D eigenvalue weighted by Gasteiger charge is -2.32. The predicted molar refractivity (Wildman–Crippen MR) is 108 cm³/mol. The standard InChI is InChI=1S/C22H26N4O/c27-22(24-13-8-18-5-2-1-3-6-18)25-14-9-19(10-15-25)17-26-16-11-20-7-4-12-23-21(20)26/h1-7,11-12,16,19H,8-10,13-15,17H2,(H,24,27). The molecule has 1 fully saturated rings. The van der Waals surface area contributed by atoms with Crippen molar-refractivity contribution < 1.29 is 4.79 Å². The Kier molecular flexibility index (Phi) is 5.37. The molecule has 0 bridgehead atoms. The number of carbonyl (C=O) groups is 1. The molecule has 3 heterocycles. The van der Waals surface area contributed by atoms with Crippen LogP contribution in [0, 0.1) is 5.92 Å². The van der Waals surface area contributed by atoms with E-state index >= 15 is 0 Å². The Labute approximate surface area is 160 Å². The number of rotatable bonds is 5. The van der Waals surface area contributed by atoms with Crippen molar-refractivity contribution in [1.29, 1.82) is 0 Å². The number of amides is 2. The number of urea groups is 1. The average molecular weight is 362 g/mol. The van der Waals surface area contributed by atoms with Crippen LogP contribution in [0.4, 0.5) is 4.79 Å². The van der Waals surface area contributed by atoms with Crippen molar-refractivity contribution in [3.05, 3.63) is 66.5 Å². The Bertz CT molecular complexity index is 881. The highest BCUT2D eigenvalue weighted by Gasteiger charge is 2.23. The first-order valence-electron chi connectivity index (χ1n) is 9.76. The molecule has 0 atom stereocenters. The number of piperidine rings is 1. The van der Waals surface area contributed by atoms with Crippen molar-refractivity contribution in [3.8, 4) is 0 Å². The number of likely N-dealkylation sites (tertiary alicyclic amines) is 1. The first-order valence-corrected chi connectivity index (χ1v) is 9.76. The molecule has 0 spiro atoms. The Morgan fingerprint density at radius 2 is 1.89 bits per heavy atom. The van der Waals surface area contributed by atoms with Crippen molar-refractivity contribution in [2.24, 2.45) is 5.92 Å². The molecule has 1 saturated heterocycles. The van der Waals surface area contributed by atoms with Gasteiger partial charge in [-0.05, 0) is 48.9 Å². The Balaban J connectivity index is 1.23. The minimum absolute atomic E-state index is 0.0671. The smallest absolute Gasteiger partial charge is 0.317 e. The molecule has 1 N–H and O–H groups in total. The number of hydrogen-bond acceptors (Lipinski definition) is 2. The fraction of sp³-hybridized carbons (Fsp3) is 0.364. The van der Waals surface area contributed by atoms with Gasteiger partial charge in [-0.2, -0.15) is 0 Å². The number of fused-ring (bicyclic) bond motifs is 1. The number of hydrogen-bond donors (Lipinski definition) is 1. The monoisotopic (exact) mass is 362 g/mol. The van der Waals surface area contributed by atoms with E-state index in [2.05, 4.69) is 45.3 Å². The molecule has 2 amide bonds. The van der Waals surface area contributed by atoms with Crippen LogP contribution >= 0.6 is 0 Å². The fourth-order valence-corrected chi connectivity index (χ4v) is 3.83. The number of aromatic nitrogens is 2. The molecule has 27 heavy (non-hydrogen) atoms. The van der Waals surface area contributed by atoms with Crippen LogP contribution in [0.15, 0.2) is 60.9 Å². The molecule has 3 aromatic rings. The van der Waals surface area contributed by atoms with Gasteiger partial charge in [0.25, 0.3) is 0 Å². The van der Waals surface area contributed by atoms with Crippen molar-refractivity contribution in [1.82, 2.24) is 19.8 Å². The Morgan fingerprint density at radius 3 is 2.70 bits per heavy atom. The van der Waals surface area contributed by atoms with Gasteiger partial charge in [-0.25, -0.2) is 9.78 Å². The molecule has 0 unspecified atom stereocenters. The van der Waals surface area contributed by atoms with Gasteiger partial charge in [-0.1, -0.05) is 30.3 Å². The molecule has 1 aromatic carbocycles. The fourth-order valence-electron chi connectivity index (χ4n) is 3.83. The van der Waals surface area contributed by atoms with E-state index in [1.165, 1.54) is 10.9 Å². The summed E-state index contributed by atoms with van der Waals surface area (Å²) in [6, 6.07) is 16.5. The van der Waals surface area contributed by atoms with Gasteiger partial charge in [-0.15, -0.1) is 0 Å². The molecule has 140 valence electrons. The maximum Gasteiger partial charge on any atom is 0.317 e. The number of nitrogens with one attached hydrogen (secondary N) is 1. The molecule has 1 aliphatic heterocycles. The topological polar surface area (TPSA) is 50.2 Å². The molecule has 0 saturated carbocycles. The Morgan fingerprint density at radius 1 is 1.07 bits per heavy atom. The summed E-state index contributed by atoms with van der Waals surface area (Å²) in [5, 5.41) is 4.24. The second-order valence-corrected chi connectivity index (χ2v) is 7.28. The Hall–Kier alpha value is -2.82. The molecule has 5 nitrogen and oxygen atoms in total. The van der Waals surface area contributed by atoms with Crippen LogP contribution in [-0.4, -0.2) is 40.1 Å². The summed E-state index contributed by atoms with van der Waals surface area (Å²) in [5.41, 5.74) is 2.31. The molecule has 1 aliphatic rings. The highest BCUT2D eigenvalue weighted by molar-refractivity contribution is 5.75. The van der Waals surface area contributed by atoms with E-state index in [1.54, 1.807) is 0 Å². The summed E-state index contributed by atoms with van der Waals surface area (Å²) in [6.07, 6.45) is 6.93. The second-order valence-electron chi connectivity index (χ2n) is 7.28.